The third-order valence-electron chi connectivity index (χ3n) is 1.36. The summed E-state index contributed by atoms with van der Waals surface area (Å²) in [5.41, 5.74) is 0.0833. The average Bonchev–Trinajstić information content (AvgIpc) is 2.29. The van der Waals surface area contributed by atoms with Crippen LogP contribution in [0, 0.1) is 11.3 Å². The molecule has 0 saturated heterocycles. The molecule has 0 unspecified atom stereocenters. The number of rotatable bonds is 1. The van der Waals surface area contributed by atoms with Crippen LogP contribution in [0.4, 0.5) is 0 Å². The predicted octanol–water partition coefficient (Wildman–Crippen LogP) is -0.305. The molecule has 64 valence electrons. The summed E-state index contributed by atoms with van der Waals surface area (Å²) in [7, 11) is -1.87. The number of aryl methyl sites for hydroxylation is 1. The van der Waals surface area contributed by atoms with Crippen LogP contribution >= 0.6 is 0 Å². The number of hydrogen-bond acceptors (Lipinski definition) is 4. The molecule has 0 fully saturated rings. The molecule has 0 N–H and O–H groups in total. The first-order chi connectivity index (χ1) is 5.46. The summed E-state index contributed by atoms with van der Waals surface area (Å²) in [6, 6.07) is 1.76. The van der Waals surface area contributed by atoms with Crippen LogP contribution in [0.5, 0.6) is 0 Å². The Morgan fingerprint density at radius 3 is 2.58 bits per heavy atom. The lowest BCUT2D eigenvalue weighted by Crippen LogP contribution is -2.06. The third-order valence-corrected chi connectivity index (χ3v) is 2.54. The van der Waals surface area contributed by atoms with Gasteiger partial charge in [-0.25, -0.2) is 8.42 Å². The van der Waals surface area contributed by atoms with Crippen molar-refractivity contribution in [2.24, 2.45) is 7.05 Å². The van der Waals surface area contributed by atoms with Gasteiger partial charge in [-0.1, -0.05) is 0 Å². The topological polar surface area (TPSA) is 75.8 Å². The minimum Gasteiger partial charge on any atom is -0.256 e. The lowest BCUT2D eigenvalue weighted by Gasteiger charge is -1.97. The van der Waals surface area contributed by atoms with Crippen LogP contribution in [0.1, 0.15) is 5.56 Å². The van der Waals surface area contributed by atoms with E-state index in [4.69, 9.17) is 5.26 Å². The molecule has 0 amide bonds. The van der Waals surface area contributed by atoms with Gasteiger partial charge in [0.15, 0.2) is 14.9 Å². The fraction of sp³-hybridized carbons (Fsp3) is 0.333. The van der Waals surface area contributed by atoms with Crippen molar-refractivity contribution in [3.8, 4) is 6.07 Å². The first kappa shape index (κ1) is 8.74. The summed E-state index contributed by atoms with van der Waals surface area (Å²) >= 11 is 0. The molecule has 0 bridgehead atoms. The van der Waals surface area contributed by atoms with E-state index in [0.717, 1.165) is 6.26 Å². The fourth-order valence-corrected chi connectivity index (χ4v) is 1.97. The highest BCUT2D eigenvalue weighted by Crippen LogP contribution is 2.12. The standard InChI is InChI=1S/C6H7N3O2S/c1-9-6(12(2,10)11)5(3-7)4-8-9/h4H,1-2H3. The number of sulfone groups is 1. The number of aromatic nitrogens is 2. The normalized spacial score (nSPS) is 11.1. The molecule has 0 saturated carbocycles. The first-order valence-electron chi connectivity index (χ1n) is 3.09. The van der Waals surface area contributed by atoms with E-state index in [-0.39, 0.29) is 10.6 Å². The molecule has 5 nitrogen and oxygen atoms in total. The van der Waals surface area contributed by atoms with Crippen LogP contribution in [-0.2, 0) is 16.9 Å². The molecule has 1 rings (SSSR count). The molecule has 6 heteroatoms. The van der Waals surface area contributed by atoms with E-state index in [1.165, 1.54) is 17.9 Å². The number of nitriles is 1. The van der Waals surface area contributed by atoms with E-state index in [9.17, 15) is 8.42 Å². The second-order valence-electron chi connectivity index (χ2n) is 2.37. The molecule has 0 aliphatic rings. The monoisotopic (exact) mass is 185 g/mol. The third kappa shape index (κ3) is 1.31. The van der Waals surface area contributed by atoms with Crippen molar-refractivity contribution in [3.05, 3.63) is 11.8 Å². The van der Waals surface area contributed by atoms with Crippen LogP contribution in [0.15, 0.2) is 11.2 Å². The zero-order valence-electron chi connectivity index (χ0n) is 6.64. The Morgan fingerprint density at radius 2 is 2.25 bits per heavy atom. The molecule has 12 heavy (non-hydrogen) atoms. The van der Waals surface area contributed by atoms with Gasteiger partial charge in [-0.3, -0.25) is 4.68 Å². The maximum atomic E-state index is 11.1. The lowest BCUT2D eigenvalue weighted by atomic mass is 10.4. The van der Waals surface area contributed by atoms with Crippen molar-refractivity contribution in [1.82, 2.24) is 9.78 Å². The molecule has 0 spiro atoms. The fourth-order valence-electron chi connectivity index (χ4n) is 0.943. The van der Waals surface area contributed by atoms with Gasteiger partial charge in [0, 0.05) is 13.3 Å². The van der Waals surface area contributed by atoms with Crippen LogP contribution in [-0.4, -0.2) is 24.5 Å². The quantitative estimate of drug-likeness (QED) is 0.601. The summed E-state index contributed by atoms with van der Waals surface area (Å²) in [6.45, 7) is 0. The van der Waals surface area contributed by atoms with Gasteiger partial charge in [-0.15, -0.1) is 0 Å². The Labute approximate surface area is 70.2 Å². The molecule has 1 aromatic rings. The van der Waals surface area contributed by atoms with Gasteiger partial charge in [0.2, 0.25) is 0 Å². The smallest absolute Gasteiger partial charge is 0.193 e. The van der Waals surface area contributed by atoms with Gasteiger partial charge in [-0.2, -0.15) is 10.4 Å². The molecular weight excluding hydrogens is 178 g/mol. The highest BCUT2D eigenvalue weighted by Gasteiger charge is 2.17. The maximum absolute atomic E-state index is 11.1. The molecule has 1 aromatic heterocycles. The van der Waals surface area contributed by atoms with Crippen molar-refractivity contribution in [2.75, 3.05) is 6.26 Å². The molecule has 0 aliphatic heterocycles. The highest BCUT2D eigenvalue weighted by atomic mass is 32.2. The zero-order chi connectivity index (χ0) is 9.35. The average molecular weight is 185 g/mol. The van der Waals surface area contributed by atoms with E-state index in [0.29, 0.717) is 0 Å². The van der Waals surface area contributed by atoms with Crippen molar-refractivity contribution in [1.29, 1.82) is 5.26 Å². The van der Waals surface area contributed by atoms with E-state index >= 15 is 0 Å². The van der Waals surface area contributed by atoms with Gasteiger partial charge >= 0.3 is 0 Å². The zero-order valence-corrected chi connectivity index (χ0v) is 7.46. The Balaban J connectivity index is 3.53. The molecule has 0 radical (unpaired) electrons. The van der Waals surface area contributed by atoms with Crippen molar-refractivity contribution < 1.29 is 8.42 Å². The lowest BCUT2D eigenvalue weighted by molar-refractivity contribution is 0.582. The molecule has 1 heterocycles. The Kier molecular flexibility index (Phi) is 1.90. The van der Waals surface area contributed by atoms with Crippen LogP contribution in [0.2, 0.25) is 0 Å². The van der Waals surface area contributed by atoms with Gasteiger partial charge < -0.3 is 0 Å². The predicted molar refractivity (Wildman–Crippen MR) is 41.0 cm³/mol. The summed E-state index contributed by atoms with van der Waals surface area (Å²) in [4.78, 5) is 0. The van der Waals surface area contributed by atoms with Gasteiger partial charge in [0.25, 0.3) is 0 Å². The van der Waals surface area contributed by atoms with E-state index in [2.05, 4.69) is 5.10 Å². The Bertz CT molecular complexity index is 438. The van der Waals surface area contributed by atoms with E-state index < -0.39 is 9.84 Å². The Hall–Kier alpha value is -1.35. The minimum absolute atomic E-state index is 0.0370. The first-order valence-corrected chi connectivity index (χ1v) is 4.98. The molecule has 0 atom stereocenters. The van der Waals surface area contributed by atoms with Gasteiger partial charge in [0.1, 0.15) is 11.6 Å². The summed E-state index contributed by atoms with van der Waals surface area (Å²) in [5.74, 6) is 0. The van der Waals surface area contributed by atoms with Crippen molar-refractivity contribution in [3.63, 3.8) is 0 Å². The number of hydrogen-bond donors (Lipinski definition) is 0. The minimum atomic E-state index is -3.35. The van der Waals surface area contributed by atoms with Crippen molar-refractivity contribution >= 4 is 9.84 Å². The number of nitrogens with zero attached hydrogens (tertiary/aromatic N) is 3. The maximum Gasteiger partial charge on any atom is 0.193 e. The van der Waals surface area contributed by atoms with Gasteiger partial charge in [0.05, 0.1) is 6.20 Å². The van der Waals surface area contributed by atoms with Crippen LogP contribution in [0.25, 0.3) is 0 Å². The van der Waals surface area contributed by atoms with Gasteiger partial charge in [-0.05, 0) is 0 Å². The van der Waals surface area contributed by atoms with E-state index in [1.54, 1.807) is 6.07 Å². The summed E-state index contributed by atoms with van der Waals surface area (Å²) in [5, 5.41) is 12.2. The van der Waals surface area contributed by atoms with Crippen LogP contribution < -0.4 is 0 Å². The molecule has 0 aromatic carbocycles. The van der Waals surface area contributed by atoms with Crippen molar-refractivity contribution in [2.45, 2.75) is 5.03 Å². The van der Waals surface area contributed by atoms with E-state index in [1.807, 2.05) is 0 Å². The SMILES string of the molecule is Cn1ncc(C#N)c1S(C)(=O)=O. The molecule has 0 aliphatic carbocycles. The largest absolute Gasteiger partial charge is 0.256 e. The Morgan fingerprint density at radius 1 is 1.67 bits per heavy atom. The molecular formula is C6H7N3O2S. The highest BCUT2D eigenvalue weighted by molar-refractivity contribution is 7.90. The van der Waals surface area contributed by atoms with Crippen LogP contribution in [0.3, 0.4) is 0 Å². The second-order valence-corrected chi connectivity index (χ2v) is 4.30. The summed E-state index contributed by atoms with van der Waals surface area (Å²) in [6.07, 6.45) is 2.28. The second kappa shape index (κ2) is 2.60. The summed E-state index contributed by atoms with van der Waals surface area (Å²) < 4.78 is 23.3.